The maximum Gasteiger partial charge on any atom is 0.239 e. The van der Waals surface area contributed by atoms with Gasteiger partial charge < -0.3 is 10.1 Å². The second-order valence-corrected chi connectivity index (χ2v) is 8.52. The number of hydrogen-bond acceptors (Lipinski definition) is 4. The summed E-state index contributed by atoms with van der Waals surface area (Å²) in [5, 5.41) is 3.22. The van der Waals surface area contributed by atoms with Crippen LogP contribution >= 0.6 is 11.6 Å². The molecule has 0 radical (unpaired) electrons. The molecule has 6 nitrogen and oxygen atoms in total. The Morgan fingerprint density at radius 2 is 2.00 bits per heavy atom. The van der Waals surface area contributed by atoms with E-state index < -0.39 is 15.9 Å². The third kappa shape index (κ3) is 6.30. The van der Waals surface area contributed by atoms with Crippen LogP contribution < -0.4 is 10.1 Å². The van der Waals surface area contributed by atoms with Crippen LogP contribution in [0.5, 0.6) is 5.75 Å². The molecule has 8 heteroatoms. The molecule has 0 saturated heterocycles. The standard InChI is InChI=1S/C16H25ClN2O4S/c1-11(2)6-7-19(24(5,21)22)10-16(20)18-14-8-12(3)13(17)9-15(14)23-4/h8-9,11H,6-7,10H2,1-5H3,(H,18,20). The van der Waals surface area contributed by atoms with Crippen molar-refractivity contribution in [3.8, 4) is 5.75 Å². The number of benzene rings is 1. The van der Waals surface area contributed by atoms with Crippen LogP contribution in [-0.2, 0) is 14.8 Å². The van der Waals surface area contributed by atoms with Crippen molar-refractivity contribution in [3.05, 3.63) is 22.7 Å². The third-order valence-electron chi connectivity index (χ3n) is 3.50. The molecule has 0 aliphatic rings. The van der Waals surface area contributed by atoms with Crippen LogP contribution in [-0.4, -0.2) is 45.1 Å². The SMILES string of the molecule is COc1cc(Cl)c(C)cc1NC(=O)CN(CCC(C)C)S(C)(=O)=O. The van der Waals surface area contributed by atoms with Gasteiger partial charge in [0.05, 0.1) is 25.6 Å². The lowest BCUT2D eigenvalue weighted by Gasteiger charge is -2.21. The van der Waals surface area contributed by atoms with E-state index in [4.69, 9.17) is 16.3 Å². The number of ether oxygens (including phenoxy) is 1. The number of amides is 1. The Hall–Kier alpha value is -1.31. The van der Waals surface area contributed by atoms with E-state index in [1.54, 1.807) is 12.1 Å². The number of carbonyl (C=O) groups excluding carboxylic acids is 1. The van der Waals surface area contributed by atoms with Gasteiger partial charge in [0.2, 0.25) is 15.9 Å². The Morgan fingerprint density at radius 3 is 2.50 bits per heavy atom. The van der Waals surface area contributed by atoms with Crippen molar-refractivity contribution in [2.24, 2.45) is 5.92 Å². The number of methoxy groups -OCH3 is 1. The summed E-state index contributed by atoms with van der Waals surface area (Å²) in [4.78, 5) is 12.3. The van der Waals surface area contributed by atoms with Crippen molar-refractivity contribution >= 4 is 33.2 Å². The average Bonchev–Trinajstić information content (AvgIpc) is 2.45. The van der Waals surface area contributed by atoms with E-state index in [9.17, 15) is 13.2 Å². The molecule has 1 amide bonds. The molecule has 0 aliphatic carbocycles. The van der Waals surface area contributed by atoms with Gasteiger partial charge in [-0.15, -0.1) is 0 Å². The molecule has 1 aromatic carbocycles. The van der Waals surface area contributed by atoms with Crippen molar-refractivity contribution in [1.82, 2.24) is 4.31 Å². The van der Waals surface area contributed by atoms with Crippen LogP contribution in [0.3, 0.4) is 0 Å². The van der Waals surface area contributed by atoms with Crippen molar-refractivity contribution in [2.75, 3.05) is 31.8 Å². The van der Waals surface area contributed by atoms with Crippen molar-refractivity contribution < 1.29 is 17.9 Å². The Morgan fingerprint density at radius 1 is 1.38 bits per heavy atom. The maximum atomic E-state index is 12.3. The topological polar surface area (TPSA) is 75.7 Å². The van der Waals surface area contributed by atoms with Gasteiger partial charge >= 0.3 is 0 Å². The predicted octanol–water partition coefficient (Wildman–Crippen LogP) is 2.90. The van der Waals surface area contributed by atoms with Gasteiger partial charge in [-0.05, 0) is 30.9 Å². The molecule has 0 unspecified atom stereocenters. The number of carbonyl (C=O) groups is 1. The monoisotopic (exact) mass is 376 g/mol. The van der Waals surface area contributed by atoms with Crippen molar-refractivity contribution in [3.63, 3.8) is 0 Å². The quantitative estimate of drug-likeness (QED) is 0.756. The highest BCUT2D eigenvalue weighted by Crippen LogP contribution is 2.30. The van der Waals surface area contributed by atoms with Gasteiger partial charge in [0.15, 0.2) is 0 Å². The second-order valence-electron chi connectivity index (χ2n) is 6.13. The largest absolute Gasteiger partial charge is 0.495 e. The zero-order valence-corrected chi connectivity index (χ0v) is 16.3. The Labute approximate surface area is 149 Å². The fourth-order valence-electron chi connectivity index (χ4n) is 2.04. The normalized spacial score (nSPS) is 11.8. The fourth-order valence-corrected chi connectivity index (χ4v) is 2.99. The first-order valence-corrected chi connectivity index (χ1v) is 9.86. The average molecular weight is 377 g/mol. The summed E-state index contributed by atoms with van der Waals surface area (Å²) in [6, 6.07) is 3.30. The fraction of sp³-hybridized carbons (Fsp3) is 0.562. The zero-order chi connectivity index (χ0) is 18.5. The smallest absolute Gasteiger partial charge is 0.239 e. The van der Waals surface area contributed by atoms with Gasteiger partial charge in [0, 0.05) is 17.6 Å². The van der Waals surface area contributed by atoms with Crippen LogP contribution in [0.1, 0.15) is 25.8 Å². The molecule has 0 atom stereocenters. The molecule has 0 heterocycles. The molecule has 0 aromatic heterocycles. The zero-order valence-electron chi connectivity index (χ0n) is 14.7. The maximum absolute atomic E-state index is 12.3. The van der Waals surface area contributed by atoms with Crippen LogP contribution in [0.2, 0.25) is 5.02 Å². The number of rotatable bonds is 8. The minimum atomic E-state index is -3.46. The molecule has 1 rings (SSSR count). The molecule has 1 N–H and O–H groups in total. The molecule has 0 saturated carbocycles. The summed E-state index contributed by atoms with van der Waals surface area (Å²) >= 11 is 6.04. The van der Waals surface area contributed by atoms with Crippen LogP contribution in [0.25, 0.3) is 0 Å². The molecule has 1 aromatic rings. The highest BCUT2D eigenvalue weighted by molar-refractivity contribution is 7.88. The van der Waals surface area contributed by atoms with Crippen LogP contribution in [0.15, 0.2) is 12.1 Å². The summed E-state index contributed by atoms with van der Waals surface area (Å²) in [5.41, 5.74) is 1.24. The molecular formula is C16H25ClN2O4S. The second kappa shape index (κ2) is 8.69. The van der Waals surface area contributed by atoms with Gasteiger partial charge in [0.1, 0.15) is 5.75 Å². The first-order valence-electron chi connectivity index (χ1n) is 7.63. The minimum Gasteiger partial charge on any atom is -0.495 e. The van der Waals surface area contributed by atoms with Gasteiger partial charge in [0.25, 0.3) is 0 Å². The van der Waals surface area contributed by atoms with E-state index >= 15 is 0 Å². The summed E-state index contributed by atoms with van der Waals surface area (Å²) in [5.74, 6) is 0.340. The first kappa shape index (κ1) is 20.7. The lowest BCUT2D eigenvalue weighted by atomic mass is 10.1. The van der Waals surface area contributed by atoms with Gasteiger partial charge in [-0.25, -0.2) is 8.42 Å². The molecule has 0 aliphatic heterocycles. The van der Waals surface area contributed by atoms with E-state index in [1.165, 1.54) is 11.4 Å². The predicted molar refractivity (Wildman–Crippen MR) is 97.2 cm³/mol. The Kier molecular flexibility index (Phi) is 7.51. The van der Waals surface area contributed by atoms with Gasteiger partial charge in [-0.3, -0.25) is 4.79 Å². The lowest BCUT2D eigenvalue weighted by Crippen LogP contribution is -2.38. The van der Waals surface area contributed by atoms with E-state index in [1.807, 2.05) is 20.8 Å². The van der Waals surface area contributed by atoms with E-state index in [2.05, 4.69) is 5.32 Å². The third-order valence-corrected chi connectivity index (χ3v) is 5.16. The molecular weight excluding hydrogens is 352 g/mol. The van der Waals surface area contributed by atoms with Crippen molar-refractivity contribution in [1.29, 1.82) is 0 Å². The molecule has 0 bridgehead atoms. The van der Waals surface area contributed by atoms with E-state index in [-0.39, 0.29) is 6.54 Å². The number of hydrogen-bond donors (Lipinski definition) is 1. The van der Waals surface area contributed by atoms with Crippen molar-refractivity contribution in [2.45, 2.75) is 27.2 Å². The number of sulfonamides is 1. The number of nitrogens with one attached hydrogen (secondary N) is 1. The van der Waals surface area contributed by atoms with E-state index in [0.717, 1.165) is 11.8 Å². The molecule has 136 valence electrons. The summed E-state index contributed by atoms with van der Waals surface area (Å²) in [7, 11) is -1.98. The summed E-state index contributed by atoms with van der Waals surface area (Å²) < 4.78 is 30.1. The lowest BCUT2D eigenvalue weighted by molar-refractivity contribution is -0.116. The number of halogens is 1. The number of nitrogens with zero attached hydrogens (tertiary/aromatic N) is 1. The molecule has 0 fully saturated rings. The molecule has 0 spiro atoms. The Bertz CT molecular complexity index is 690. The van der Waals surface area contributed by atoms with Crippen LogP contribution in [0, 0.1) is 12.8 Å². The van der Waals surface area contributed by atoms with E-state index in [0.29, 0.717) is 35.3 Å². The highest BCUT2D eigenvalue weighted by atomic mass is 35.5. The minimum absolute atomic E-state index is 0.240. The Balaban J connectivity index is 2.88. The highest BCUT2D eigenvalue weighted by Gasteiger charge is 2.21. The number of anilines is 1. The van der Waals surface area contributed by atoms with Gasteiger partial charge in [-0.1, -0.05) is 25.4 Å². The number of aryl methyl sites for hydroxylation is 1. The van der Waals surface area contributed by atoms with Crippen LogP contribution in [0.4, 0.5) is 5.69 Å². The first-order chi connectivity index (χ1) is 11.0. The van der Waals surface area contributed by atoms with Gasteiger partial charge in [-0.2, -0.15) is 4.31 Å². The molecule has 24 heavy (non-hydrogen) atoms. The summed E-state index contributed by atoms with van der Waals surface area (Å²) in [6.07, 6.45) is 1.79. The summed E-state index contributed by atoms with van der Waals surface area (Å²) in [6.45, 7) is 5.88.